The molecule has 5 heteroatoms. The van der Waals surface area contributed by atoms with Crippen molar-refractivity contribution in [3.63, 3.8) is 0 Å². The topological polar surface area (TPSA) is 69.4 Å². The number of ether oxygens (including phenoxy) is 1. The lowest BCUT2D eigenvalue weighted by atomic mass is 10.3. The summed E-state index contributed by atoms with van der Waals surface area (Å²) in [6.45, 7) is 0.246. The second kappa shape index (κ2) is 3.25. The zero-order valence-corrected chi connectivity index (χ0v) is 8.33. The molecule has 2 N–H and O–H groups in total. The van der Waals surface area contributed by atoms with Gasteiger partial charge in [-0.3, -0.25) is 0 Å². The number of sulfone groups is 1. The second-order valence-corrected chi connectivity index (χ2v) is 5.30. The highest BCUT2D eigenvalue weighted by molar-refractivity contribution is 7.91. The van der Waals surface area contributed by atoms with E-state index < -0.39 is 15.9 Å². The van der Waals surface area contributed by atoms with E-state index in [1.165, 1.54) is 0 Å². The van der Waals surface area contributed by atoms with Crippen LogP contribution >= 0.6 is 0 Å². The monoisotopic (exact) mass is 213 g/mol. The van der Waals surface area contributed by atoms with Crippen molar-refractivity contribution in [2.45, 2.75) is 10.9 Å². The molecule has 4 nitrogen and oxygen atoms in total. The highest BCUT2D eigenvalue weighted by atomic mass is 32.2. The van der Waals surface area contributed by atoms with Crippen LogP contribution in [-0.2, 0) is 9.84 Å². The van der Waals surface area contributed by atoms with Crippen LogP contribution in [0, 0.1) is 0 Å². The van der Waals surface area contributed by atoms with Crippen LogP contribution in [0.25, 0.3) is 0 Å². The maximum Gasteiger partial charge on any atom is 0.183 e. The zero-order valence-electron chi connectivity index (χ0n) is 7.51. The molecular weight excluding hydrogens is 202 g/mol. The smallest absolute Gasteiger partial charge is 0.183 e. The Hall–Kier alpha value is -1.07. The van der Waals surface area contributed by atoms with Gasteiger partial charge in [0.15, 0.2) is 9.84 Å². The Bertz CT molecular complexity index is 441. The molecule has 2 rings (SSSR count). The van der Waals surface area contributed by atoms with E-state index in [1.807, 2.05) is 0 Å². The van der Waals surface area contributed by atoms with Gasteiger partial charge in [0.2, 0.25) is 0 Å². The van der Waals surface area contributed by atoms with E-state index in [1.54, 1.807) is 24.3 Å². The van der Waals surface area contributed by atoms with Gasteiger partial charge in [-0.1, -0.05) is 12.1 Å². The summed E-state index contributed by atoms with van der Waals surface area (Å²) in [6.07, 6.45) is 0. The summed E-state index contributed by atoms with van der Waals surface area (Å²) in [5.74, 6) is 0.352. The van der Waals surface area contributed by atoms with E-state index in [2.05, 4.69) is 0 Å². The van der Waals surface area contributed by atoms with Gasteiger partial charge in [-0.05, 0) is 12.1 Å². The highest BCUT2D eigenvalue weighted by Gasteiger charge is 2.26. The van der Waals surface area contributed by atoms with Crippen molar-refractivity contribution in [3.8, 4) is 5.75 Å². The van der Waals surface area contributed by atoms with Crippen LogP contribution in [0.3, 0.4) is 0 Å². The molecule has 0 saturated carbocycles. The van der Waals surface area contributed by atoms with Gasteiger partial charge in [0, 0.05) is 0 Å². The molecule has 0 unspecified atom stereocenters. The fourth-order valence-corrected chi connectivity index (χ4v) is 3.00. The summed E-state index contributed by atoms with van der Waals surface area (Å²) in [7, 11) is -3.28. The summed E-state index contributed by atoms with van der Waals surface area (Å²) in [5.41, 5.74) is 5.59. The molecule has 0 spiro atoms. The Kier molecular flexibility index (Phi) is 2.20. The third-order valence-corrected chi connectivity index (χ3v) is 3.94. The summed E-state index contributed by atoms with van der Waals surface area (Å²) >= 11 is 0. The van der Waals surface area contributed by atoms with Gasteiger partial charge < -0.3 is 10.5 Å². The van der Waals surface area contributed by atoms with Gasteiger partial charge in [0.1, 0.15) is 17.3 Å². The molecule has 1 aromatic carbocycles. The van der Waals surface area contributed by atoms with Crippen molar-refractivity contribution < 1.29 is 13.2 Å². The summed E-state index contributed by atoms with van der Waals surface area (Å²) in [5, 5.41) is 0. The van der Waals surface area contributed by atoms with E-state index in [0.29, 0.717) is 5.75 Å². The van der Waals surface area contributed by atoms with Gasteiger partial charge in [-0.25, -0.2) is 8.42 Å². The predicted octanol–water partition coefficient (Wildman–Crippen LogP) is 0.180. The normalized spacial score (nSPS) is 24.5. The van der Waals surface area contributed by atoms with Crippen LogP contribution in [0.15, 0.2) is 29.2 Å². The molecule has 1 atom stereocenters. The summed E-state index contributed by atoms with van der Waals surface area (Å²) < 4.78 is 28.8. The maximum absolute atomic E-state index is 11.7. The van der Waals surface area contributed by atoms with Crippen molar-refractivity contribution in [1.29, 1.82) is 0 Å². The molecule has 0 saturated heterocycles. The average Bonchev–Trinajstić information content (AvgIpc) is 2.24. The van der Waals surface area contributed by atoms with Crippen LogP contribution in [0.1, 0.15) is 0 Å². The minimum atomic E-state index is -3.28. The van der Waals surface area contributed by atoms with Gasteiger partial charge in [-0.15, -0.1) is 0 Å². The van der Waals surface area contributed by atoms with E-state index in [9.17, 15) is 8.42 Å². The fourth-order valence-electron chi connectivity index (χ4n) is 1.44. The molecule has 0 amide bonds. The van der Waals surface area contributed by atoms with Crippen molar-refractivity contribution in [2.24, 2.45) is 5.73 Å². The zero-order chi connectivity index (χ0) is 10.2. The van der Waals surface area contributed by atoms with Gasteiger partial charge in [0.05, 0.1) is 11.8 Å². The van der Waals surface area contributed by atoms with E-state index in [4.69, 9.17) is 10.5 Å². The Morgan fingerprint density at radius 1 is 1.36 bits per heavy atom. The molecule has 14 heavy (non-hydrogen) atoms. The molecule has 1 aliphatic heterocycles. The molecule has 1 aromatic rings. The lowest BCUT2D eigenvalue weighted by Crippen LogP contribution is -2.33. The van der Waals surface area contributed by atoms with E-state index in [-0.39, 0.29) is 17.3 Å². The standard InChI is InChI=1S/C9H11NO3S/c10-7-5-13-8-3-1-2-4-9(8)14(11,12)6-7/h1-4,7H,5-6,10H2/t7-/m1/s1. The highest BCUT2D eigenvalue weighted by Crippen LogP contribution is 2.26. The minimum absolute atomic E-state index is 0.0516. The molecule has 0 radical (unpaired) electrons. The molecule has 0 aromatic heterocycles. The Balaban J connectivity index is 2.57. The Morgan fingerprint density at radius 3 is 2.86 bits per heavy atom. The van der Waals surface area contributed by atoms with Crippen LogP contribution in [0.2, 0.25) is 0 Å². The number of nitrogens with two attached hydrogens (primary N) is 1. The molecule has 0 fully saturated rings. The minimum Gasteiger partial charge on any atom is -0.491 e. The van der Waals surface area contributed by atoms with Crippen LogP contribution < -0.4 is 10.5 Å². The number of para-hydroxylation sites is 1. The summed E-state index contributed by atoms with van der Waals surface area (Å²) in [6, 6.07) is 6.16. The first kappa shape index (κ1) is 9.48. The first-order valence-electron chi connectivity index (χ1n) is 4.30. The molecule has 0 aliphatic carbocycles. The van der Waals surface area contributed by atoms with Crippen LogP contribution in [0.4, 0.5) is 0 Å². The average molecular weight is 213 g/mol. The Morgan fingerprint density at radius 2 is 2.07 bits per heavy atom. The number of hydrogen-bond donors (Lipinski definition) is 1. The largest absolute Gasteiger partial charge is 0.491 e. The lowest BCUT2D eigenvalue weighted by Gasteiger charge is -2.05. The third kappa shape index (κ3) is 1.60. The van der Waals surface area contributed by atoms with E-state index >= 15 is 0 Å². The van der Waals surface area contributed by atoms with Crippen molar-refractivity contribution in [2.75, 3.05) is 12.4 Å². The molecule has 1 aliphatic rings. The molecule has 76 valence electrons. The van der Waals surface area contributed by atoms with Gasteiger partial charge >= 0.3 is 0 Å². The number of rotatable bonds is 0. The van der Waals surface area contributed by atoms with Crippen molar-refractivity contribution in [1.82, 2.24) is 0 Å². The van der Waals surface area contributed by atoms with Crippen LogP contribution in [0.5, 0.6) is 5.75 Å². The predicted molar refractivity (Wildman–Crippen MR) is 52.0 cm³/mol. The number of benzene rings is 1. The van der Waals surface area contributed by atoms with Crippen molar-refractivity contribution >= 4 is 9.84 Å². The molecule has 0 bridgehead atoms. The van der Waals surface area contributed by atoms with E-state index in [0.717, 1.165) is 0 Å². The maximum atomic E-state index is 11.7. The van der Waals surface area contributed by atoms with Gasteiger partial charge in [0.25, 0.3) is 0 Å². The third-order valence-electron chi connectivity index (χ3n) is 2.07. The quantitative estimate of drug-likeness (QED) is 0.667. The molecule has 1 heterocycles. The first-order valence-corrected chi connectivity index (χ1v) is 5.95. The Labute approximate surface area is 82.6 Å². The first-order chi connectivity index (χ1) is 6.59. The SMILES string of the molecule is N[C@@H]1COc2ccccc2S(=O)(=O)C1. The van der Waals surface area contributed by atoms with Crippen molar-refractivity contribution in [3.05, 3.63) is 24.3 Å². The second-order valence-electron chi connectivity index (χ2n) is 3.30. The fraction of sp³-hybridized carbons (Fsp3) is 0.333. The number of fused-ring (bicyclic) bond motifs is 1. The molecular formula is C9H11NO3S. The van der Waals surface area contributed by atoms with Gasteiger partial charge in [-0.2, -0.15) is 0 Å². The summed E-state index contributed by atoms with van der Waals surface area (Å²) in [4.78, 5) is 0.243. The lowest BCUT2D eigenvalue weighted by molar-refractivity contribution is 0.295. The number of hydrogen-bond acceptors (Lipinski definition) is 4. The van der Waals surface area contributed by atoms with Crippen LogP contribution in [-0.4, -0.2) is 26.8 Å².